The second-order valence-corrected chi connectivity index (χ2v) is 8.42. The fourth-order valence-corrected chi connectivity index (χ4v) is 4.38. The van der Waals surface area contributed by atoms with Crippen LogP contribution in [0.15, 0.2) is 63.1 Å². The third-order valence-corrected chi connectivity index (χ3v) is 5.97. The molecule has 0 aliphatic rings. The van der Waals surface area contributed by atoms with Crippen molar-refractivity contribution in [1.29, 1.82) is 0 Å². The van der Waals surface area contributed by atoms with Crippen molar-refractivity contribution in [2.45, 2.75) is 6.92 Å². The predicted octanol–water partition coefficient (Wildman–Crippen LogP) is 6.26. The number of anilines is 1. The number of carbonyl (C=O) groups excluding carboxylic acids is 2. The monoisotopic (exact) mass is 487 g/mol. The van der Waals surface area contributed by atoms with E-state index in [1.807, 2.05) is 0 Å². The largest absolute Gasteiger partial charge is 0.462 e. The molecule has 2 heterocycles. The third kappa shape index (κ3) is 4.41. The SMILES string of the molecule is CCOC(=O)c1c(-c2ccc(Cl)cc2)csc1NC(=O)c1cc2cc(Cl)ccc2oc1=O. The molecule has 0 unspecified atom stereocenters. The van der Waals surface area contributed by atoms with Gasteiger partial charge in [-0.3, -0.25) is 4.79 Å². The van der Waals surface area contributed by atoms with Gasteiger partial charge in [-0.25, -0.2) is 9.59 Å². The minimum Gasteiger partial charge on any atom is -0.462 e. The summed E-state index contributed by atoms with van der Waals surface area (Å²) in [5.74, 6) is -1.30. The predicted molar refractivity (Wildman–Crippen MR) is 126 cm³/mol. The summed E-state index contributed by atoms with van der Waals surface area (Å²) in [6.45, 7) is 1.85. The minimum absolute atomic E-state index is 0.164. The zero-order chi connectivity index (χ0) is 22.8. The first kappa shape index (κ1) is 22.1. The summed E-state index contributed by atoms with van der Waals surface area (Å²) in [5, 5.41) is 6.12. The van der Waals surface area contributed by atoms with E-state index in [9.17, 15) is 14.4 Å². The van der Waals surface area contributed by atoms with E-state index in [1.165, 1.54) is 6.07 Å². The maximum atomic E-state index is 12.9. The number of ether oxygens (including phenoxy) is 1. The van der Waals surface area contributed by atoms with Crippen molar-refractivity contribution in [1.82, 2.24) is 0 Å². The van der Waals surface area contributed by atoms with Gasteiger partial charge in [-0.05, 0) is 48.9 Å². The Labute approximate surface area is 196 Å². The average Bonchev–Trinajstić information content (AvgIpc) is 3.17. The molecule has 0 aliphatic carbocycles. The summed E-state index contributed by atoms with van der Waals surface area (Å²) >= 11 is 13.1. The summed E-state index contributed by atoms with van der Waals surface area (Å²) in [6.07, 6.45) is 0. The molecule has 0 fully saturated rings. The first-order chi connectivity index (χ1) is 15.4. The summed E-state index contributed by atoms with van der Waals surface area (Å²) in [4.78, 5) is 38.0. The highest BCUT2D eigenvalue weighted by atomic mass is 35.5. The number of carbonyl (C=O) groups is 2. The standard InChI is InChI=1S/C23H15Cl2NO5S/c1-2-30-23(29)19-17(12-3-5-14(24)6-4-12)11-32-21(19)26-20(27)16-10-13-9-15(25)7-8-18(13)31-22(16)28/h3-11H,2H2,1H3,(H,26,27). The lowest BCUT2D eigenvalue weighted by atomic mass is 10.0. The maximum Gasteiger partial charge on any atom is 0.349 e. The maximum absolute atomic E-state index is 12.9. The molecule has 0 saturated carbocycles. The Hall–Kier alpha value is -3.13. The van der Waals surface area contributed by atoms with Gasteiger partial charge >= 0.3 is 11.6 Å². The van der Waals surface area contributed by atoms with Crippen LogP contribution in [0.25, 0.3) is 22.1 Å². The number of rotatable bonds is 5. The van der Waals surface area contributed by atoms with Crippen molar-refractivity contribution >= 4 is 62.4 Å². The highest BCUT2D eigenvalue weighted by molar-refractivity contribution is 7.15. The first-order valence-electron chi connectivity index (χ1n) is 9.46. The third-order valence-electron chi connectivity index (χ3n) is 4.59. The Morgan fingerprint density at radius 2 is 1.78 bits per heavy atom. The van der Waals surface area contributed by atoms with Crippen LogP contribution < -0.4 is 10.9 Å². The normalized spacial score (nSPS) is 10.8. The van der Waals surface area contributed by atoms with Crippen LogP contribution in [-0.4, -0.2) is 18.5 Å². The lowest BCUT2D eigenvalue weighted by Crippen LogP contribution is -2.21. The van der Waals surface area contributed by atoms with E-state index in [0.717, 1.165) is 16.9 Å². The second kappa shape index (κ2) is 9.16. The Kier molecular flexibility index (Phi) is 6.32. The van der Waals surface area contributed by atoms with E-state index >= 15 is 0 Å². The van der Waals surface area contributed by atoms with E-state index < -0.39 is 17.5 Å². The zero-order valence-corrected chi connectivity index (χ0v) is 18.9. The molecule has 0 spiro atoms. The molecule has 162 valence electrons. The van der Waals surface area contributed by atoms with E-state index in [2.05, 4.69) is 5.32 Å². The Bertz CT molecular complexity index is 1390. The fourth-order valence-electron chi connectivity index (χ4n) is 3.12. The van der Waals surface area contributed by atoms with Gasteiger partial charge in [0.25, 0.3) is 5.91 Å². The fraction of sp³-hybridized carbons (Fsp3) is 0.0870. The number of esters is 1. The average molecular weight is 488 g/mol. The van der Waals surface area contributed by atoms with Crippen LogP contribution in [0.2, 0.25) is 10.0 Å². The quantitative estimate of drug-likeness (QED) is 0.265. The molecule has 1 N–H and O–H groups in total. The van der Waals surface area contributed by atoms with Crippen molar-refractivity contribution in [2.24, 2.45) is 0 Å². The number of amides is 1. The number of benzene rings is 2. The molecule has 2 aromatic carbocycles. The number of nitrogens with one attached hydrogen (secondary N) is 1. The molecular formula is C23H15Cl2NO5S. The molecule has 9 heteroatoms. The molecule has 0 atom stereocenters. The van der Waals surface area contributed by atoms with Crippen molar-refractivity contribution in [3.63, 3.8) is 0 Å². The molecule has 6 nitrogen and oxygen atoms in total. The lowest BCUT2D eigenvalue weighted by molar-refractivity contribution is 0.0529. The van der Waals surface area contributed by atoms with Gasteiger partial charge in [0.05, 0.1) is 6.61 Å². The van der Waals surface area contributed by atoms with Crippen LogP contribution in [0.5, 0.6) is 0 Å². The van der Waals surface area contributed by atoms with Crippen LogP contribution in [0, 0.1) is 0 Å². The molecular weight excluding hydrogens is 473 g/mol. The second-order valence-electron chi connectivity index (χ2n) is 6.66. The van der Waals surface area contributed by atoms with Gasteiger partial charge in [-0.1, -0.05) is 35.3 Å². The van der Waals surface area contributed by atoms with Crippen LogP contribution >= 0.6 is 34.5 Å². The topological polar surface area (TPSA) is 85.6 Å². The van der Waals surface area contributed by atoms with Crippen molar-refractivity contribution in [3.05, 3.63) is 85.5 Å². The van der Waals surface area contributed by atoms with Gasteiger partial charge in [0.1, 0.15) is 21.7 Å². The molecule has 4 aromatic rings. The number of hydrogen-bond acceptors (Lipinski definition) is 6. The van der Waals surface area contributed by atoms with E-state index in [-0.39, 0.29) is 22.7 Å². The summed E-state index contributed by atoms with van der Waals surface area (Å²) in [6, 6.07) is 13.1. The summed E-state index contributed by atoms with van der Waals surface area (Å²) < 4.78 is 10.4. The molecule has 0 bridgehead atoms. The summed E-state index contributed by atoms with van der Waals surface area (Å²) in [5.41, 5.74) is 0.803. The van der Waals surface area contributed by atoms with E-state index in [0.29, 0.717) is 26.6 Å². The van der Waals surface area contributed by atoms with Crippen molar-refractivity contribution < 1.29 is 18.7 Å². The lowest BCUT2D eigenvalue weighted by Gasteiger charge is -2.09. The number of thiophene rings is 1. The number of hydrogen-bond donors (Lipinski definition) is 1. The van der Waals surface area contributed by atoms with Crippen molar-refractivity contribution in [2.75, 3.05) is 11.9 Å². The molecule has 2 aromatic heterocycles. The summed E-state index contributed by atoms with van der Waals surface area (Å²) in [7, 11) is 0. The van der Waals surface area contributed by atoms with E-state index in [4.69, 9.17) is 32.4 Å². The van der Waals surface area contributed by atoms with Gasteiger partial charge in [0.2, 0.25) is 0 Å². The van der Waals surface area contributed by atoms with Gasteiger partial charge in [-0.2, -0.15) is 0 Å². The van der Waals surface area contributed by atoms with Crippen LogP contribution in [-0.2, 0) is 4.74 Å². The molecule has 32 heavy (non-hydrogen) atoms. The number of fused-ring (bicyclic) bond motifs is 1. The molecule has 0 radical (unpaired) electrons. The highest BCUT2D eigenvalue weighted by Crippen LogP contribution is 2.37. The van der Waals surface area contributed by atoms with Gasteiger partial charge < -0.3 is 14.5 Å². The Morgan fingerprint density at radius 1 is 1.06 bits per heavy atom. The van der Waals surface area contributed by atoms with Gasteiger partial charge in [0, 0.05) is 26.4 Å². The first-order valence-corrected chi connectivity index (χ1v) is 11.1. The van der Waals surface area contributed by atoms with E-state index in [1.54, 1.807) is 54.8 Å². The molecule has 1 amide bonds. The smallest absolute Gasteiger partial charge is 0.349 e. The highest BCUT2D eigenvalue weighted by Gasteiger charge is 2.24. The Balaban J connectivity index is 1.74. The zero-order valence-electron chi connectivity index (χ0n) is 16.6. The van der Waals surface area contributed by atoms with Crippen LogP contribution in [0.3, 0.4) is 0 Å². The van der Waals surface area contributed by atoms with Crippen molar-refractivity contribution in [3.8, 4) is 11.1 Å². The molecule has 0 saturated heterocycles. The minimum atomic E-state index is -0.801. The molecule has 0 aliphatic heterocycles. The Morgan fingerprint density at radius 3 is 2.50 bits per heavy atom. The molecule has 4 rings (SSSR count). The van der Waals surface area contributed by atoms with Gasteiger partial charge in [0.15, 0.2) is 0 Å². The number of halogens is 2. The van der Waals surface area contributed by atoms with Crippen LogP contribution in [0.4, 0.5) is 5.00 Å². The van der Waals surface area contributed by atoms with Gasteiger partial charge in [-0.15, -0.1) is 11.3 Å². The van der Waals surface area contributed by atoms with Crippen LogP contribution in [0.1, 0.15) is 27.6 Å².